The predicted octanol–water partition coefficient (Wildman–Crippen LogP) is 2.54. The summed E-state index contributed by atoms with van der Waals surface area (Å²) >= 11 is 1.55. The van der Waals surface area contributed by atoms with Gasteiger partial charge in [-0.2, -0.15) is 0 Å². The zero-order chi connectivity index (χ0) is 12.4. The van der Waals surface area contributed by atoms with Crippen molar-refractivity contribution in [3.8, 4) is 22.1 Å². The normalized spacial score (nSPS) is 12.4. The fourth-order valence-corrected chi connectivity index (χ4v) is 2.31. The fourth-order valence-electron chi connectivity index (χ4n) is 1.44. The van der Waals surface area contributed by atoms with Crippen molar-refractivity contribution in [1.82, 2.24) is 4.98 Å². The van der Waals surface area contributed by atoms with Crippen molar-refractivity contribution in [2.75, 3.05) is 7.11 Å². The summed E-state index contributed by atoms with van der Waals surface area (Å²) in [5.41, 5.74) is 6.70. The van der Waals surface area contributed by atoms with Crippen LogP contribution >= 0.6 is 11.3 Å². The molecule has 1 aromatic heterocycles. The largest absolute Gasteiger partial charge is 0.504 e. The first-order valence-corrected chi connectivity index (χ1v) is 6.02. The van der Waals surface area contributed by atoms with E-state index in [4.69, 9.17) is 10.5 Å². The van der Waals surface area contributed by atoms with Gasteiger partial charge in [0.2, 0.25) is 0 Å². The molecule has 0 fully saturated rings. The van der Waals surface area contributed by atoms with E-state index in [0.29, 0.717) is 5.75 Å². The molecule has 0 bridgehead atoms. The highest BCUT2D eigenvalue weighted by Gasteiger charge is 2.10. The lowest BCUT2D eigenvalue weighted by molar-refractivity contribution is 0.373. The van der Waals surface area contributed by atoms with Crippen LogP contribution < -0.4 is 10.5 Å². The first-order chi connectivity index (χ1) is 8.11. The van der Waals surface area contributed by atoms with Crippen LogP contribution in [-0.2, 0) is 0 Å². The Labute approximate surface area is 104 Å². The maximum atomic E-state index is 9.51. The van der Waals surface area contributed by atoms with Crippen LogP contribution in [0.25, 0.3) is 10.6 Å². The minimum Gasteiger partial charge on any atom is -0.504 e. The summed E-state index contributed by atoms with van der Waals surface area (Å²) < 4.78 is 5.06. The van der Waals surface area contributed by atoms with Crippen molar-refractivity contribution in [2.24, 2.45) is 5.73 Å². The molecule has 0 spiro atoms. The number of methoxy groups -OCH3 is 1. The maximum Gasteiger partial charge on any atom is 0.161 e. The molecule has 0 aliphatic heterocycles. The Hall–Kier alpha value is -1.59. The first-order valence-electron chi connectivity index (χ1n) is 5.20. The molecule has 1 atom stereocenters. The van der Waals surface area contributed by atoms with Gasteiger partial charge in [-0.3, -0.25) is 0 Å². The van der Waals surface area contributed by atoms with E-state index >= 15 is 0 Å². The molecule has 5 heteroatoms. The van der Waals surface area contributed by atoms with Crippen LogP contribution in [0, 0.1) is 0 Å². The minimum atomic E-state index is -0.0136. The standard InChI is InChI=1S/C12H14N2O2S/c1-7(13)11-6-14-12(17-11)8-3-4-9(15)10(5-8)16-2/h3-7,15H,13H2,1-2H3. The molecule has 1 unspecified atom stereocenters. The lowest BCUT2D eigenvalue weighted by atomic mass is 10.2. The van der Waals surface area contributed by atoms with E-state index in [1.807, 2.05) is 13.0 Å². The molecule has 0 aliphatic carbocycles. The highest BCUT2D eigenvalue weighted by atomic mass is 32.1. The average molecular weight is 250 g/mol. The lowest BCUT2D eigenvalue weighted by Gasteiger charge is -2.04. The van der Waals surface area contributed by atoms with E-state index < -0.39 is 0 Å². The van der Waals surface area contributed by atoms with Crippen LogP contribution in [-0.4, -0.2) is 17.2 Å². The van der Waals surface area contributed by atoms with Gasteiger partial charge >= 0.3 is 0 Å². The van der Waals surface area contributed by atoms with Crippen molar-refractivity contribution in [3.63, 3.8) is 0 Å². The van der Waals surface area contributed by atoms with E-state index in [9.17, 15) is 5.11 Å². The number of ether oxygens (including phenoxy) is 1. The molecular formula is C12H14N2O2S. The summed E-state index contributed by atoms with van der Waals surface area (Å²) in [6, 6.07) is 5.15. The van der Waals surface area contributed by atoms with Gasteiger partial charge in [0, 0.05) is 22.7 Å². The summed E-state index contributed by atoms with van der Waals surface area (Å²) in [6.45, 7) is 1.93. The van der Waals surface area contributed by atoms with Crippen LogP contribution in [0.5, 0.6) is 11.5 Å². The van der Waals surface area contributed by atoms with Crippen LogP contribution in [0.2, 0.25) is 0 Å². The summed E-state index contributed by atoms with van der Waals surface area (Å²) in [5.74, 6) is 0.570. The van der Waals surface area contributed by atoms with Gasteiger partial charge in [-0.15, -0.1) is 11.3 Å². The third-order valence-corrected chi connectivity index (χ3v) is 3.65. The van der Waals surface area contributed by atoms with Gasteiger partial charge in [-0.25, -0.2) is 4.98 Å². The van der Waals surface area contributed by atoms with Gasteiger partial charge in [0.25, 0.3) is 0 Å². The van der Waals surface area contributed by atoms with Gasteiger partial charge in [0.05, 0.1) is 7.11 Å². The Morgan fingerprint density at radius 1 is 1.47 bits per heavy atom. The summed E-state index contributed by atoms with van der Waals surface area (Å²) in [4.78, 5) is 5.35. The van der Waals surface area contributed by atoms with Gasteiger partial charge in [-0.05, 0) is 25.1 Å². The van der Waals surface area contributed by atoms with Crippen molar-refractivity contribution in [1.29, 1.82) is 0 Å². The molecule has 90 valence electrons. The molecule has 1 heterocycles. The van der Waals surface area contributed by atoms with Crippen LogP contribution in [0.1, 0.15) is 17.8 Å². The molecular weight excluding hydrogens is 236 g/mol. The fraction of sp³-hybridized carbons (Fsp3) is 0.250. The lowest BCUT2D eigenvalue weighted by Crippen LogP contribution is -2.01. The van der Waals surface area contributed by atoms with Gasteiger partial charge < -0.3 is 15.6 Å². The number of rotatable bonds is 3. The van der Waals surface area contributed by atoms with Crippen molar-refractivity contribution < 1.29 is 9.84 Å². The summed E-state index contributed by atoms with van der Waals surface area (Å²) in [7, 11) is 1.52. The van der Waals surface area contributed by atoms with E-state index in [0.717, 1.165) is 15.4 Å². The quantitative estimate of drug-likeness (QED) is 0.878. The summed E-state index contributed by atoms with van der Waals surface area (Å²) in [5, 5.41) is 10.4. The topological polar surface area (TPSA) is 68.4 Å². The maximum absolute atomic E-state index is 9.51. The van der Waals surface area contributed by atoms with Crippen molar-refractivity contribution >= 4 is 11.3 Å². The molecule has 3 N–H and O–H groups in total. The van der Waals surface area contributed by atoms with Crippen molar-refractivity contribution in [2.45, 2.75) is 13.0 Å². The smallest absolute Gasteiger partial charge is 0.161 e. The Balaban J connectivity index is 2.38. The molecule has 0 saturated carbocycles. The number of aromatic hydroxyl groups is 1. The Bertz CT molecular complexity index is 523. The monoisotopic (exact) mass is 250 g/mol. The number of phenolic OH excluding ortho intramolecular Hbond substituents is 1. The van der Waals surface area contributed by atoms with E-state index in [1.54, 1.807) is 29.7 Å². The average Bonchev–Trinajstić information content (AvgIpc) is 2.79. The number of nitrogens with zero attached hydrogens (tertiary/aromatic N) is 1. The molecule has 0 aliphatic rings. The van der Waals surface area contributed by atoms with Crippen molar-refractivity contribution in [3.05, 3.63) is 29.3 Å². The van der Waals surface area contributed by atoms with Gasteiger partial charge in [0.15, 0.2) is 11.5 Å². The van der Waals surface area contributed by atoms with Crippen LogP contribution in [0.3, 0.4) is 0 Å². The third-order valence-electron chi connectivity index (χ3n) is 2.40. The van der Waals surface area contributed by atoms with E-state index in [2.05, 4.69) is 4.98 Å². The number of thiazole rings is 1. The second-order valence-electron chi connectivity index (χ2n) is 3.74. The third kappa shape index (κ3) is 2.40. The highest BCUT2D eigenvalue weighted by Crippen LogP contribution is 2.34. The number of phenols is 1. The Morgan fingerprint density at radius 2 is 2.24 bits per heavy atom. The Kier molecular flexibility index (Phi) is 3.31. The zero-order valence-electron chi connectivity index (χ0n) is 9.68. The van der Waals surface area contributed by atoms with E-state index in [-0.39, 0.29) is 11.8 Å². The molecule has 17 heavy (non-hydrogen) atoms. The summed E-state index contributed by atoms with van der Waals surface area (Å²) in [6.07, 6.45) is 1.78. The molecule has 2 rings (SSSR count). The molecule has 2 aromatic rings. The predicted molar refractivity (Wildman–Crippen MR) is 68.4 cm³/mol. The first kappa shape index (κ1) is 11.9. The second-order valence-corrected chi connectivity index (χ2v) is 4.81. The number of hydrogen-bond acceptors (Lipinski definition) is 5. The molecule has 0 saturated heterocycles. The van der Waals surface area contributed by atoms with E-state index in [1.165, 1.54) is 7.11 Å². The van der Waals surface area contributed by atoms with Crippen LogP contribution in [0.15, 0.2) is 24.4 Å². The number of hydrogen-bond donors (Lipinski definition) is 2. The van der Waals surface area contributed by atoms with Gasteiger partial charge in [0.1, 0.15) is 5.01 Å². The second kappa shape index (κ2) is 4.73. The SMILES string of the molecule is COc1cc(-c2ncc(C(C)N)s2)ccc1O. The Morgan fingerprint density at radius 3 is 2.82 bits per heavy atom. The highest BCUT2D eigenvalue weighted by molar-refractivity contribution is 7.15. The minimum absolute atomic E-state index is 0.0136. The molecule has 0 radical (unpaired) electrons. The number of benzene rings is 1. The van der Waals surface area contributed by atoms with Gasteiger partial charge in [-0.1, -0.05) is 0 Å². The number of aromatic nitrogens is 1. The molecule has 1 aromatic carbocycles. The number of nitrogens with two attached hydrogens (primary N) is 1. The molecule has 4 nitrogen and oxygen atoms in total. The zero-order valence-corrected chi connectivity index (χ0v) is 10.5. The molecule has 0 amide bonds. The van der Waals surface area contributed by atoms with Crippen LogP contribution in [0.4, 0.5) is 0 Å².